The number of hydrogen-bond donors (Lipinski definition) is 0. The van der Waals surface area contributed by atoms with Crippen LogP contribution in [-0.4, -0.2) is 10.2 Å². The van der Waals surface area contributed by atoms with Crippen LogP contribution in [0, 0.1) is 0 Å². The summed E-state index contributed by atoms with van der Waals surface area (Å²) in [4.78, 5) is 10.1. The van der Waals surface area contributed by atoms with Crippen molar-refractivity contribution in [2.75, 3.05) is 0 Å². The Morgan fingerprint density at radius 2 is 2.27 bits per heavy atom. The molecule has 1 aliphatic carbocycles. The van der Waals surface area contributed by atoms with Gasteiger partial charge in [0.2, 0.25) is 0 Å². The lowest BCUT2D eigenvalue weighted by atomic mass is 10.1. The normalized spacial score (nSPS) is 25.0. The molecule has 0 saturated carbocycles. The van der Waals surface area contributed by atoms with Gasteiger partial charge in [0.1, 0.15) is 11.7 Å². The molecule has 0 heterocycles. The van der Waals surface area contributed by atoms with Crippen molar-refractivity contribution in [3.63, 3.8) is 0 Å². The number of aldehydes is 1. The Morgan fingerprint density at radius 1 is 1.64 bits per heavy atom. The van der Waals surface area contributed by atoms with Crippen LogP contribution in [-0.2, 0) is 4.79 Å². The summed E-state index contributed by atoms with van der Waals surface area (Å²) in [5.74, 6) is -0.963. The van der Waals surface area contributed by atoms with Crippen molar-refractivity contribution in [2.24, 2.45) is 0 Å². The van der Waals surface area contributed by atoms with Crippen LogP contribution in [0.1, 0.15) is 6.42 Å². The molecule has 0 N–H and O–H groups in total. The van der Waals surface area contributed by atoms with Gasteiger partial charge >= 0.3 is 0 Å². The van der Waals surface area contributed by atoms with Crippen molar-refractivity contribution in [3.8, 4) is 0 Å². The lowest BCUT2D eigenvalue weighted by Crippen LogP contribution is -2.06. The maximum Gasteiger partial charge on any atom is 0.152 e. The van der Waals surface area contributed by atoms with E-state index in [2.05, 4.69) is 0 Å². The van der Waals surface area contributed by atoms with Gasteiger partial charge in [-0.2, -0.15) is 0 Å². The number of alkyl halides is 1. The van der Waals surface area contributed by atoms with Gasteiger partial charge in [-0.15, -0.1) is 0 Å². The van der Waals surface area contributed by atoms with E-state index in [0.29, 0.717) is 6.29 Å². The highest BCUT2D eigenvalue weighted by atomic mass is 127. The van der Waals surface area contributed by atoms with Crippen LogP contribution in [0.4, 0.5) is 8.78 Å². The maximum atomic E-state index is 12.7. The summed E-state index contributed by atoms with van der Waals surface area (Å²) < 4.78 is 24.9. The highest BCUT2D eigenvalue weighted by Crippen LogP contribution is 2.30. The second-order valence-corrected chi connectivity index (χ2v) is 3.68. The first-order valence-electron chi connectivity index (χ1n) is 3.00. The summed E-state index contributed by atoms with van der Waals surface area (Å²) in [6, 6.07) is 0. The van der Waals surface area contributed by atoms with Crippen molar-refractivity contribution in [1.82, 2.24) is 0 Å². The third-order valence-electron chi connectivity index (χ3n) is 1.39. The van der Waals surface area contributed by atoms with Crippen molar-refractivity contribution in [3.05, 3.63) is 23.3 Å². The zero-order valence-corrected chi connectivity index (χ0v) is 7.64. The van der Waals surface area contributed by atoms with Crippen molar-refractivity contribution < 1.29 is 13.6 Å². The van der Waals surface area contributed by atoms with E-state index in [0.717, 1.165) is 6.08 Å². The Hall–Kier alpha value is -0.260. The van der Waals surface area contributed by atoms with Gasteiger partial charge in [0, 0.05) is 12.0 Å². The monoisotopic (exact) mass is 270 g/mol. The number of carbonyl (C=O) groups is 1. The molecule has 11 heavy (non-hydrogen) atoms. The molecule has 0 saturated heterocycles. The number of rotatable bonds is 1. The predicted octanol–water partition coefficient (Wildman–Crippen LogP) is 2.47. The van der Waals surface area contributed by atoms with E-state index in [-0.39, 0.29) is 12.0 Å². The van der Waals surface area contributed by atoms with Crippen LogP contribution < -0.4 is 0 Å². The van der Waals surface area contributed by atoms with E-state index in [1.165, 1.54) is 0 Å². The second-order valence-electron chi connectivity index (χ2n) is 2.18. The molecular formula is C7H5F2IO. The zero-order valence-electron chi connectivity index (χ0n) is 5.48. The standard InChI is InChI=1S/C7H5F2IO/c8-5-2-7(10)6(9)1-4(5)3-11/h1,3,7H,2H2. The molecular weight excluding hydrogens is 265 g/mol. The third-order valence-corrected chi connectivity index (χ3v) is 2.43. The molecule has 0 bridgehead atoms. The molecule has 1 rings (SSSR count). The number of hydrogen-bond acceptors (Lipinski definition) is 1. The number of carbonyl (C=O) groups excluding carboxylic acids is 1. The quantitative estimate of drug-likeness (QED) is 0.406. The summed E-state index contributed by atoms with van der Waals surface area (Å²) in [5.41, 5.74) is -0.171. The average molecular weight is 270 g/mol. The van der Waals surface area contributed by atoms with Crippen molar-refractivity contribution in [2.45, 2.75) is 10.3 Å². The zero-order chi connectivity index (χ0) is 8.43. The number of allylic oxidation sites excluding steroid dienone is 4. The van der Waals surface area contributed by atoms with E-state index in [4.69, 9.17) is 0 Å². The van der Waals surface area contributed by atoms with Gasteiger partial charge in [-0.25, -0.2) is 8.78 Å². The minimum atomic E-state index is -0.527. The summed E-state index contributed by atoms with van der Waals surface area (Å²) in [6.07, 6.45) is 1.26. The van der Waals surface area contributed by atoms with E-state index in [9.17, 15) is 13.6 Å². The van der Waals surface area contributed by atoms with Crippen LogP contribution in [0.25, 0.3) is 0 Å². The van der Waals surface area contributed by atoms with E-state index in [1.807, 2.05) is 0 Å². The Kier molecular flexibility index (Phi) is 2.75. The first kappa shape index (κ1) is 8.83. The van der Waals surface area contributed by atoms with Gasteiger partial charge in [-0.05, 0) is 6.08 Å². The molecule has 1 aliphatic rings. The van der Waals surface area contributed by atoms with Crippen LogP contribution in [0.3, 0.4) is 0 Å². The van der Waals surface area contributed by atoms with Crippen LogP contribution in [0.15, 0.2) is 23.3 Å². The fraction of sp³-hybridized carbons (Fsp3) is 0.286. The first-order chi connectivity index (χ1) is 5.15. The van der Waals surface area contributed by atoms with Gasteiger partial charge in [0.15, 0.2) is 6.29 Å². The highest BCUT2D eigenvalue weighted by molar-refractivity contribution is 14.1. The van der Waals surface area contributed by atoms with Crippen LogP contribution >= 0.6 is 22.6 Å². The maximum absolute atomic E-state index is 12.7. The molecule has 60 valence electrons. The summed E-state index contributed by atoms with van der Waals surface area (Å²) in [7, 11) is 0. The van der Waals surface area contributed by atoms with E-state index >= 15 is 0 Å². The molecule has 0 radical (unpaired) electrons. The van der Waals surface area contributed by atoms with Gasteiger partial charge < -0.3 is 0 Å². The molecule has 0 fully saturated rings. The molecule has 1 nitrogen and oxygen atoms in total. The lowest BCUT2D eigenvalue weighted by Gasteiger charge is -2.11. The highest BCUT2D eigenvalue weighted by Gasteiger charge is 2.20. The average Bonchev–Trinajstić information content (AvgIpc) is 1.97. The van der Waals surface area contributed by atoms with Crippen LogP contribution in [0.2, 0.25) is 0 Å². The van der Waals surface area contributed by atoms with E-state index < -0.39 is 15.6 Å². The minimum Gasteiger partial charge on any atom is -0.298 e. The van der Waals surface area contributed by atoms with Crippen LogP contribution in [0.5, 0.6) is 0 Å². The first-order valence-corrected chi connectivity index (χ1v) is 4.24. The molecule has 1 atom stereocenters. The van der Waals surface area contributed by atoms with E-state index in [1.54, 1.807) is 22.6 Å². The molecule has 0 aromatic heterocycles. The summed E-state index contributed by atoms with van der Waals surface area (Å²) >= 11 is 1.79. The molecule has 0 aromatic carbocycles. The number of halogens is 3. The lowest BCUT2D eigenvalue weighted by molar-refractivity contribution is -0.104. The smallest absolute Gasteiger partial charge is 0.152 e. The molecule has 0 spiro atoms. The Labute approximate surface area is 76.3 Å². The molecule has 0 aromatic rings. The van der Waals surface area contributed by atoms with Gasteiger partial charge in [0.25, 0.3) is 0 Å². The van der Waals surface area contributed by atoms with Crippen molar-refractivity contribution in [1.29, 1.82) is 0 Å². The molecule has 0 aliphatic heterocycles. The second kappa shape index (κ2) is 3.42. The largest absolute Gasteiger partial charge is 0.298 e. The SMILES string of the molecule is O=CC1=C(F)CC(I)C(F)=C1. The summed E-state index contributed by atoms with van der Waals surface area (Å²) in [6.45, 7) is 0. The predicted molar refractivity (Wildman–Crippen MR) is 45.8 cm³/mol. The Bertz CT molecular complexity index is 245. The Balaban J connectivity index is 2.96. The topological polar surface area (TPSA) is 17.1 Å². The van der Waals surface area contributed by atoms with Crippen molar-refractivity contribution >= 4 is 28.9 Å². The molecule has 0 amide bonds. The molecule has 4 heteroatoms. The molecule has 1 unspecified atom stereocenters. The van der Waals surface area contributed by atoms with Gasteiger partial charge in [-0.1, -0.05) is 22.6 Å². The Morgan fingerprint density at radius 3 is 2.82 bits per heavy atom. The van der Waals surface area contributed by atoms with Gasteiger partial charge in [0.05, 0.1) is 3.92 Å². The third kappa shape index (κ3) is 1.85. The van der Waals surface area contributed by atoms with Gasteiger partial charge in [-0.3, -0.25) is 4.79 Å². The fourth-order valence-electron chi connectivity index (χ4n) is 0.788. The summed E-state index contributed by atoms with van der Waals surface area (Å²) in [5, 5.41) is 0. The minimum absolute atomic E-state index is 0.0169. The fourth-order valence-corrected chi connectivity index (χ4v) is 1.35.